The van der Waals surface area contributed by atoms with Gasteiger partial charge in [-0.25, -0.2) is 18.3 Å². The van der Waals surface area contributed by atoms with E-state index in [1.54, 1.807) is 0 Å². The van der Waals surface area contributed by atoms with Crippen molar-refractivity contribution in [2.75, 3.05) is 0 Å². The number of aryl methyl sites for hydroxylation is 15. The zero-order valence-electron chi connectivity index (χ0n) is 44.6. The van der Waals surface area contributed by atoms with E-state index in [9.17, 15) is 0 Å². The third kappa shape index (κ3) is 13.8. The Labute approximate surface area is 411 Å². The van der Waals surface area contributed by atoms with E-state index >= 15 is 0 Å². The molecule has 0 unspecified atom stereocenters. The maximum absolute atomic E-state index is 2.31. The lowest BCUT2D eigenvalue weighted by Gasteiger charge is -2.10. The van der Waals surface area contributed by atoms with E-state index in [0.717, 1.165) is 12.8 Å². The first-order chi connectivity index (χ1) is 32.3. The van der Waals surface area contributed by atoms with Gasteiger partial charge in [-0.1, -0.05) is 87.4 Å². The summed E-state index contributed by atoms with van der Waals surface area (Å²) in [6.45, 7) is 28.2. The summed E-state index contributed by atoms with van der Waals surface area (Å²) in [5.41, 5.74) is 26.4. The van der Waals surface area contributed by atoms with Gasteiger partial charge < -0.3 is 0 Å². The minimum Gasteiger partial charge on any atom is -0.201 e. The molecule has 352 valence electrons. The summed E-state index contributed by atoms with van der Waals surface area (Å²) in [5, 5.41) is 0. The fourth-order valence-corrected chi connectivity index (χ4v) is 9.00. The summed E-state index contributed by atoms with van der Waals surface area (Å²) in [5.74, 6) is 0.588. The molecular formula is C64H80N4+4. The fourth-order valence-electron chi connectivity index (χ4n) is 9.00. The lowest BCUT2D eigenvalue weighted by molar-refractivity contribution is -0.660. The van der Waals surface area contributed by atoms with Crippen molar-refractivity contribution >= 4 is 0 Å². The first kappa shape index (κ1) is 52.4. The molecule has 0 saturated heterocycles. The van der Waals surface area contributed by atoms with Crippen LogP contribution in [-0.4, -0.2) is 0 Å². The van der Waals surface area contributed by atoms with Crippen molar-refractivity contribution in [1.82, 2.24) is 0 Å². The third-order valence-corrected chi connectivity index (χ3v) is 12.9. The topological polar surface area (TPSA) is 15.5 Å². The summed E-state index contributed by atoms with van der Waals surface area (Å²) in [4.78, 5) is 0. The van der Waals surface area contributed by atoms with Crippen molar-refractivity contribution in [2.24, 2.45) is 28.2 Å². The van der Waals surface area contributed by atoms with Crippen LogP contribution in [-0.2, 0) is 41.0 Å². The average molecular weight is 905 g/mol. The molecule has 4 aromatic carbocycles. The fraction of sp³-hybridized carbons (Fsp3) is 0.312. The molecule has 4 heterocycles. The van der Waals surface area contributed by atoms with Gasteiger partial charge in [-0.05, 0) is 163 Å². The molecule has 4 nitrogen and oxygen atoms in total. The minimum atomic E-state index is 0.588. The maximum atomic E-state index is 2.31. The van der Waals surface area contributed by atoms with Crippen LogP contribution in [0.25, 0.3) is 45.0 Å². The first-order valence-electron chi connectivity index (χ1n) is 24.5. The molecule has 0 aliphatic carbocycles. The number of hydrogen-bond donors (Lipinski definition) is 0. The second-order valence-electron chi connectivity index (χ2n) is 19.4. The molecule has 4 heteroatoms. The molecule has 0 N–H and O–H groups in total. The molecule has 0 spiro atoms. The van der Waals surface area contributed by atoms with E-state index in [1.165, 1.54) is 112 Å². The van der Waals surface area contributed by atoms with Gasteiger partial charge in [0.2, 0.25) is 22.8 Å². The normalized spacial score (nSPS) is 10.7. The third-order valence-electron chi connectivity index (χ3n) is 12.9. The molecule has 0 aliphatic heterocycles. The lowest BCUT2D eigenvalue weighted by atomic mass is 9.96. The molecule has 0 bridgehead atoms. The second-order valence-corrected chi connectivity index (χ2v) is 19.4. The van der Waals surface area contributed by atoms with Crippen LogP contribution in [0.4, 0.5) is 0 Å². The highest BCUT2D eigenvalue weighted by Crippen LogP contribution is 2.26. The standard InChI is InChI=1S/C17H22N.2C16H20N.C15H18N/c1-12(2)15-7-8-16(14(4)10-15)17-9-6-13(3)11-18(17)5;1-5-14-7-8-15(13(3)10-14)16-9-6-12(2)11-17(16)4;1-5-14-7-9-16(17(4)11-14)15-8-6-12(2)10-13(15)3;1-11-5-7-14(13(3)9-11)15-8-6-12(2)10-16(15)4/h6-12H,1-5H3;2*6-11H,5H2,1-4H3;5-10H,1-4H3/q4*+1. The van der Waals surface area contributed by atoms with Crippen molar-refractivity contribution in [3.05, 3.63) is 213 Å². The molecule has 8 aromatic rings. The molecule has 0 fully saturated rings. The van der Waals surface area contributed by atoms with E-state index in [2.05, 4.69) is 283 Å². The van der Waals surface area contributed by atoms with E-state index in [-0.39, 0.29) is 0 Å². The Balaban J connectivity index is 0.000000170. The van der Waals surface area contributed by atoms with Crippen LogP contribution in [0, 0.1) is 62.3 Å². The number of rotatable bonds is 7. The van der Waals surface area contributed by atoms with Crippen LogP contribution in [0.3, 0.4) is 0 Å². The highest BCUT2D eigenvalue weighted by atomic mass is 14.9. The van der Waals surface area contributed by atoms with Crippen LogP contribution in [0.5, 0.6) is 0 Å². The van der Waals surface area contributed by atoms with Crippen molar-refractivity contribution < 1.29 is 18.3 Å². The van der Waals surface area contributed by atoms with Gasteiger partial charge in [0.05, 0.1) is 0 Å². The van der Waals surface area contributed by atoms with Gasteiger partial charge in [0.1, 0.15) is 28.2 Å². The van der Waals surface area contributed by atoms with Crippen LogP contribution >= 0.6 is 0 Å². The van der Waals surface area contributed by atoms with Crippen LogP contribution in [0.2, 0.25) is 0 Å². The molecular weight excluding hydrogens is 825 g/mol. The number of hydrogen-bond acceptors (Lipinski definition) is 0. The summed E-state index contributed by atoms with van der Waals surface area (Å²) in [6.07, 6.45) is 10.9. The van der Waals surface area contributed by atoms with Crippen LogP contribution in [0.15, 0.2) is 146 Å². The van der Waals surface area contributed by atoms with Gasteiger partial charge in [-0.2, -0.15) is 0 Å². The zero-order chi connectivity index (χ0) is 49.8. The lowest BCUT2D eigenvalue weighted by Crippen LogP contribution is -2.31. The molecule has 0 aliphatic rings. The number of benzene rings is 4. The maximum Gasteiger partial charge on any atom is 0.212 e. The Hall–Kier alpha value is -6.52. The molecule has 0 amide bonds. The van der Waals surface area contributed by atoms with Crippen LogP contribution < -0.4 is 18.3 Å². The highest BCUT2D eigenvalue weighted by molar-refractivity contribution is 5.64. The largest absolute Gasteiger partial charge is 0.212 e. The predicted molar refractivity (Wildman–Crippen MR) is 288 cm³/mol. The first-order valence-corrected chi connectivity index (χ1v) is 24.5. The van der Waals surface area contributed by atoms with Crippen molar-refractivity contribution in [3.63, 3.8) is 0 Å². The van der Waals surface area contributed by atoms with Gasteiger partial charge in [-0.15, -0.1) is 0 Å². The van der Waals surface area contributed by atoms with Gasteiger partial charge in [0, 0.05) is 68.8 Å². The smallest absolute Gasteiger partial charge is 0.201 e. The highest BCUT2D eigenvalue weighted by Gasteiger charge is 2.16. The van der Waals surface area contributed by atoms with E-state index in [1.807, 2.05) is 0 Å². The second kappa shape index (κ2) is 24.0. The Bertz CT molecular complexity index is 2840. The summed E-state index contributed by atoms with van der Waals surface area (Å²) in [7, 11) is 8.43. The number of pyridine rings is 4. The van der Waals surface area contributed by atoms with Gasteiger partial charge in [0.25, 0.3) is 0 Å². The van der Waals surface area contributed by atoms with Gasteiger partial charge >= 0.3 is 0 Å². The van der Waals surface area contributed by atoms with Crippen LogP contribution in [0.1, 0.15) is 100 Å². The molecule has 68 heavy (non-hydrogen) atoms. The Morgan fingerprint density at radius 1 is 0.324 bits per heavy atom. The Morgan fingerprint density at radius 3 is 0.956 bits per heavy atom. The van der Waals surface area contributed by atoms with E-state index in [0.29, 0.717) is 5.92 Å². The molecule has 8 rings (SSSR count). The number of aromatic nitrogens is 4. The van der Waals surface area contributed by atoms with E-state index < -0.39 is 0 Å². The summed E-state index contributed by atoms with van der Waals surface area (Å²) < 4.78 is 8.81. The molecule has 0 saturated carbocycles. The monoisotopic (exact) mass is 905 g/mol. The van der Waals surface area contributed by atoms with Crippen molar-refractivity contribution in [1.29, 1.82) is 0 Å². The van der Waals surface area contributed by atoms with Gasteiger partial charge in [0.15, 0.2) is 24.8 Å². The summed E-state index contributed by atoms with van der Waals surface area (Å²) >= 11 is 0. The van der Waals surface area contributed by atoms with Crippen molar-refractivity contribution in [2.45, 2.75) is 109 Å². The molecule has 0 atom stereocenters. The average Bonchev–Trinajstić information content (AvgIpc) is 3.28. The van der Waals surface area contributed by atoms with Crippen molar-refractivity contribution in [3.8, 4) is 45.0 Å². The Kier molecular flexibility index (Phi) is 18.5. The Morgan fingerprint density at radius 2 is 0.632 bits per heavy atom. The summed E-state index contributed by atoms with van der Waals surface area (Å²) in [6, 6.07) is 44.3. The SMILES string of the molecule is CCc1ccc(-c2ccc(C)c[n+]2C)c(C)c1.CCc1ccc(-c2ccc(C)cc2C)[n+](C)c1.Cc1ccc(-c2ccc(C(C)C)cc2C)[n+](C)c1.Cc1ccc(-c2ccc(C)c[n+]2C)c(C)c1. The zero-order valence-corrected chi connectivity index (χ0v) is 44.6. The quantitative estimate of drug-likeness (QED) is 0.142. The van der Waals surface area contributed by atoms with Gasteiger partial charge in [-0.3, -0.25) is 0 Å². The molecule has 0 radical (unpaired) electrons. The molecule has 4 aromatic heterocycles. The number of nitrogens with zero attached hydrogens (tertiary/aromatic N) is 4. The van der Waals surface area contributed by atoms with E-state index in [4.69, 9.17) is 0 Å². The minimum absolute atomic E-state index is 0.588. The predicted octanol–water partition coefficient (Wildman–Crippen LogP) is 13.7.